The SMILES string of the molecule is CN=C(NCCCc1nc(C(C)C)no1)N1CC2OCCN(Cc3ccccc3)C2C1. The quantitative estimate of drug-likeness (QED) is 0.413. The zero-order chi connectivity index (χ0) is 21.6. The summed E-state index contributed by atoms with van der Waals surface area (Å²) < 4.78 is 11.4. The van der Waals surface area contributed by atoms with E-state index in [0.717, 1.165) is 64.0 Å². The van der Waals surface area contributed by atoms with Gasteiger partial charge in [-0.25, -0.2) is 0 Å². The van der Waals surface area contributed by atoms with Crippen molar-refractivity contribution >= 4 is 5.96 Å². The first kappa shape index (κ1) is 21.8. The van der Waals surface area contributed by atoms with Crippen LogP contribution in [0, 0.1) is 0 Å². The number of rotatable bonds is 7. The second-order valence-corrected chi connectivity index (χ2v) is 8.62. The zero-order valence-electron chi connectivity index (χ0n) is 18.8. The first-order valence-corrected chi connectivity index (χ1v) is 11.3. The van der Waals surface area contributed by atoms with Crippen molar-refractivity contribution in [2.75, 3.05) is 39.8 Å². The Balaban J connectivity index is 1.27. The van der Waals surface area contributed by atoms with Crippen LogP contribution in [0.5, 0.6) is 0 Å². The van der Waals surface area contributed by atoms with Gasteiger partial charge in [0.15, 0.2) is 11.8 Å². The summed E-state index contributed by atoms with van der Waals surface area (Å²) >= 11 is 0. The van der Waals surface area contributed by atoms with Crippen LogP contribution in [0.1, 0.15) is 43.5 Å². The van der Waals surface area contributed by atoms with Gasteiger partial charge >= 0.3 is 0 Å². The van der Waals surface area contributed by atoms with Crippen LogP contribution in [-0.4, -0.2) is 77.9 Å². The van der Waals surface area contributed by atoms with E-state index in [9.17, 15) is 0 Å². The molecule has 168 valence electrons. The molecule has 2 aromatic rings. The fraction of sp³-hybridized carbons (Fsp3) is 0.609. The van der Waals surface area contributed by atoms with Crippen LogP contribution in [0.3, 0.4) is 0 Å². The van der Waals surface area contributed by atoms with Crippen molar-refractivity contribution in [1.29, 1.82) is 0 Å². The number of fused-ring (bicyclic) bond motifs is 1. The summed E-state index contributed by atoms with van der Waals surface area (Å²) in [6.07, 6.45) is 1.91. The Morgan fingerprint density at radius 2 is 2.10 bits per heavy atom. The summed E-state index contributed by atoms with van der Waals surface area (Å²) in [5.74, 6) is 2.71. The van der Waals surface area contributed by atoms with Gasteiger partial charge in [0.05, 0.1) is 18.8 Å². The lowest BCUT2D eigenvalue weighted by Crippen LogP contribution is -2.50. The van der Waals surface area contributed by atoms with Crippen molar-refractivity contribution in [3.8, 4) is 0 Å². The average Bonchev–Trinajstić information content (AvgIpc) is 3.42. The van der Waals surface area contributed by atoms with Gasteiger partial charge in [0.1, 0.15) is 0 Å². The van der Waals surface area contributed by atoms with Crippen LogP contribution in [0.4, 0.5) is 0 Å². The highest BCUT2D eigenvalue weighted by atomic mass is 16.5. The Labute approximate surface area is 184 Å². The molecule has 0 radical (unpaired) electrons. The first-order valence-electron chi connectivity index (χ1n) is 11.3. The largest absolute Gasteiger partial charge is 0.373 e. The van der Waals surface area contributed by atoms with Gasteiger partial charge in [-0.05, 0) is 12.0 Å². The van der Waals surface area contributed by atoms with Crippen molar-refractivity contribution < 1.29 is 9.26 Å². The third-order valence-corrected chi connectivity index (χ3v) is 6.01. The van der Waals surface area contributed by atoms with E-state index in [0.29, 0.717) is 11.9 Å². The summed E-state index contributed by atoms with van der Waals surface area (Å²) in [5, 5.41) is 7.53. The second kappa shape index (κ2) is 10.2. The van der Waals surface area contributed by atoms with Crippen molar-refractivity contribution in [3.63, 3.8) is 0 Å². The maximum atomic E-state index is 6.11. The summed E-state index contributed by atoms with van der Waals surface area (Å²) in [7, 11) is 1.85. The van der Waals surface area contributed by atoms with E-state index < -0.39 is 0 Å². The number of hydrogen-bond donors (Lipinski definition) is 1. The highest BCUT2D eigenvalue weighted by Gasteiger charge is 2.41. The molecule has 2 aliphatic rings. The van der Waals surface area contributed by atoms with Crippen molar-refractivity contribution in [2.45, 2.75) is 51.3 Å². The third kappa shape index (κ3) is 5.43. The maximum absolute atomic E-state index is 6.11. The fourth-order valence-corrected chi connectivity index (χ4v) is 4.32. The lowest BCUT2D eigenvalue weighted by molar-refractivity contribution is -0.0502. The molecule has 31 heavy (non-hydrogen) atoms. The molecule has 2 unspecified atom stereocenters. The average molecular weight is 427 g/mol. The maximum Gasteiger partial charge on any atom is 0.226 e. The van der Waals surface area contributed by atoms with Crippen molar-refractivity contribution in [1.82, 2.24) is 25.3 Å². The topological polar surface area (TPSA) is 79.0 Å². The number of aryl methyl sites for hydroxylation is 1. The lowest BCUT2D eigenvalue weighted by Gasteiger charge is -2.36. The van der Waals surface area contributed by atoms with Crippen LogP contribution in [-0.2, 0) is 17.7 Å². The van der Waals surface area contributed by atoms with Gasteiger partial charge in [-0.3, -0.25) is 9.89 Å². The molecule has 2 aliphatic heterocycles. The van der Waals surface area contributed by atoms with Gasteiger partial charge in [0.25, 0.3) is 0 Å². The number of nitrogens with one attached hydrogen (secondary N) is 1. The monoisotopic (exact) mass is 426 g/mol. The molecular weight excluding hydrogens is 392 g/mol. The fourth-order valence-electron chi connectivity index (χ4n) is 4.32. The summed E-state index contributed by atoms with van der Waals surface area (Å²) in [5.41, 5.74) is 1.35. The standard InChI is InChI=1S/C23H34N6O2/c1-17(2)22-26-21(31-27-22)10-7-11-25-23(24-3)29-15-19-20(16-29)30-13-12-28(19)14-18-8-5-4-6-9-18/h4-6,8-9,17,19-20H,7,10-16H2,1-3H3,(H,24,25). The van der Waals surface area contributed by atoms with E-state index in [1.807, 2.05) is 7.05 Å². The molecule has 0 aliphatic carbocycles. The number of nitrogens with zero attached hydrogens (tertiary/aromatic N) is 5. The zero-order valence-corrected chi connectivity index (χ0v) is 18.8. The van der Waals surface area contributed by atoms with Crippen LogP contribution < -0.4 is 5.32 Å². The van der Waals surface area contributed by atoms with E-state index >= 15 is 0 Å². The number of guanidine groups is 1. The molecule has 1 aromatic heterocycles. The molecule has 1 N–H and O–H groups in total. The summed E-state index contributed by atoms with van der Waals surface area (Å²) in [4.78, 5) is 13.8. The third-order valence-electron chi connectivity index (χ3n) is 6.01. The number of ether oxygens (including phenoxy) is 1. The van der Waals surface area contributed by atoms with Gasteiger partial charge in [-0.1, -0.05) is 49.3 Å². The number of hydrogen-bond acceptors (Lipinski definition) is 6. The smallest absolute Gasteiger partial charge is 0.226 e. The van der Waals surface area contributed by atoms with Crippen LogP contribution >= 0.6 is 0 Å². The minimum atomic E-state index is 0.226. The van der Waals surface area contributed by atoms with Gasteiger partial charge < -0.3 is 19.5 Å². The van der Waals surface area contributed by atoms with Crippen LogP contribution in [0.25, 0.3) is 0 Å². The Kier molecular flexibility index (Phi) is 7.19. The highest BCUT2D eigenvalue weighted by molar-refractivity contribution is 5.80. The van der Waals surface area contributed by atoms with E-state index in [-0.39, 0.29) is 12.0 Å². The normalized spacial score (nSPS) is 22.2. The summed E-state index contributed by atoms with van der Waals surface area (Å²) in [6.45, 7) is 9.47. The van der Waals surface area contributed by atoms with E-state index in [1.54, 1.807) is 0 Å². The van der Waals surface area contributed by atoms with Crippen molar-refractivity contribution in [2.24, 2.45) is 4.99 Å². The number of morpholine rings is 1. The lowest BCUT2D eigenvalue weighted by atomic mass is 10.1. The molecule has 2 fully saturated rings. The van der Waals surface area contributed by atoms with Crippen LogP contribution in [0.2, 0.25) is 0 Å². The van der Waals surface area contributed by atoms with Crippen molar-refractivity contribution in [3.05, 3.63) is 47.6 Å². The predicted molar refractivity (Wildman–Crippen MR) is 120 cm³/mol. The summed E-state index contributed by atoms with van der Waals surface area (Å²) in [6, 6.07) is 11.1. The first-order chi connectivity index (χ1) is 15.1. The Morgan fingerprint density at radius 3 is 2.84 bits per heavy atom. The molecule has 8 heteroatoms. The molecule has 4 rings (SSSR count). The molecule has 0 saturated carbocycles. The molecule has 0 amide bonds. The molecule has 1 aromatic carbocycles. The number of likely N-dealkylation sites (tertiary alicyclic amines) is 1. The molecule has 3 heterocycles. The predicted octanol–water partition coefficient (Wildman–Crippen LogP) is 2.29. The Bertz CT molecular complexity index is 853. The molecule has 0 spiro atoms. The minimum Gasteiger partial charge on any atom is -0.373 e. The van der Waals surface area contributed by atoms with E-state index in [1.165, 1.54) is 5.56 Å². The number of aromatic nitrogens is 2. The second-order valence-electron chi connectivity index (χ2n) is 8.62. The molecule has 2 atom stereocenters. The van der Waals surface area contributed by atoms with Gasteiger partial charge in [0.2, 0.25) is 5.89 Å². The highest BCUT2D eigenvalue weighted by Crippen LogP contribution is 2.24. The van der Waals surface area contributed by atoms with E-state index in [2.05, 4.69) is 74.4 Å². The molecule has 0 bridgehead atoms. The minimum absolute atomic E-state index is 0.226. The van der Waals surface area contributed by atoms with E-state index in [4.69, 9.17) is 9.26 Å². The van der Waals surface area contributed by atoms with Gasteiger partial charge in [0, 0.05) is 52.1 Å². The van der Waals surface area contributed by atoms with Gasteiger partial charge in [-0.2, -0.15) is 4.98 Å². The molecule has 8 nitrogen and oxygen atoms in total. The number of aliphatic imine (C=N–C) groups is 1. The molecule has 2 saturated heterocycles. The van der Waals surface area contributed by atoms with Gasteiger partial charge in [-0.15, -0.1) is 0 Å². The Hall–Kier alpha value is -2.45. The van der Waals surface area contributed by atoms with Crippen LogP contribution in [0.15, 0.2) is 39.8 Å². The Morgan fingerprint density at radius 1 is 1.26 bits per heavy atom. The number of benzene rings is 1. The molecular formula is C23H34N6O2.